The van der Waals surface area contributed by atoms with Crippen LogP contribution in [0.1, 0.15) is 60.4 Å². The van der Waals surface area contributed by atoms with Crippen LogP contribution in [0.3, 0.4) is 0 Å². The predicted octanol–water partition coefficient (Wildman–Crippen LogP) is 6.09. The fraction of sp³-hybridized carbons (Fsp3) is 0.529. The largest absolute Gasteiger partial charge is 0.148 e. The second kappa shape index (κ2) is 7.86. The Morgan fingerprint density at radius 1 is 0.789 bits per heavy atom. The third-order valence-corrected chi connectivity index (χ3v) is 5.52. The Balaban J connectivity index is 2.04. The second-order valence-electron chi connectivity index (χ2n) is 5.12. The lowest BCUT2D eigenvalue weighted by Gasteiger charge is -2.05. The molecule has 0 nitrogen and oxygen atoms in total. The van der Waals surface area contributed by atoms with E-state index in [1.165, 1.54) is 38.5 Å². The molecule has 0 bridgehead atoms. The van der Waals surface area contributed by atoms with Crippen molar-refractivity contribution in [3.8, 4) is 0 Å². The van der Waals surface area contributed by atoms with E-state index in [1.807, 2.05) is 22.7 Å². The van der Waals surface area contributed by atoms with Crippen LogP contribution in [-0.4, -0.2) is 0 Å². The van der Waals surface area contributed by atoms with E-state index in [1.54, 1.807) is 20.9 Å². The smallest absolute Gasteiger partial charge is 0.0169 e. The summed E-state index contributed by atoms with van der Waals surface area (Å²) in [5, 5.41) is 4.53. The predicted molar refractivity (Wildman–Crippen MR) is 88.7 cm³/mol. The van der Waals surface area contributed by atoms with Crippen molar-refractivity contribution in [2.24, 2.45) is 0 Å². The van der Waals surface area contributed by atoms with Crippen molar-refractivity contribution in [2.75, 3.05) is 0 Å². The summed E-state index contributed by atoms with van der Waals surface area (Å²) in [5.74, 6) is 0. The standard InChI is InChI=1S/C17H24S2/c1-3-5-7-14-9-11-18-16(14)13-17-15(8-6-4-2)10-12-19-17/h9-12H,3-8,13H2,1-2H3. The second-order valence-corrected chi connectivity index (χ2v) is 7.12. The molecule has 2 heteroatoms. The van der Waals surface area contributed by atoms with Gasteiger partial charge in [0.1, 0.15) is 0 Å². The van der Waals surface area contributed by atoms with Gasteiger partial charge in [-0.1, -0.05) is 26.7 Å². The van der Waals surface area contributed by atoms with Crippen LogP contribution in [-0.2, 0) is 19.3 Å². The molecular weight excluding hydrogens is 268 g/mol. The normalized spacial score (nSPS) is 11.1. The lowest BCUT2D eigenvalue weighted by molar-refractivity contribution is 0.787. The van der Waals surface area contributed by atoms with Gasteiger partial charge in [0, 0.05) is 16.2 Å². The Hall–Kier alpha value is -0.600. The van der Waals surface area contributed by atoms with Crippen molar-refractivity contribution in [3.63, 3.8) is 0 Å². The van der Waals surface area contributed by atoms with Crippen molar-refractivity contribution in [3.05, 3.63) is 43.8 Å². The molecule has 0 saturated carbocycles. The Morgan fingerprint density at radius 3 is 1.68 bits per heavy atom. The Labute approximate surface area is 125 Å². The highest BCUT2D eigenvalue weighted by Gasteiger charge is 2.09. The van der Waals surface area contributed by atoms with Gasteiger partial charge in [-0.25, -0.2) is 0 Å². The number of rotatable bonds is 8. The number of hydrogen-bond acceptors (Lipinski definition) is 2. The first-order valence-electron chi connectivity index (χ1n) is 7.45. The minimum absolute atomic E-state index is 1.16. The Bertz CT molecular complexity index is 435. The molecule has 0 atom stereocenters. The maximum Gasteiger partial charge on any atom is 0.0169 e. The molecule has 0 aliphatic rings. The van der Waals surface area contributed by atoms with Crippen molar-refractivity contribution in [2.45, 2.75) is 58.8 Å². The van der Waals surface area contributed by atoms with E-state index in [-0.39, 0.29) is 0 Å². The van der Waals surface area contributed by atoms with E-state index in [0.29, 0.717) is 0 Å². The van der Waals surface area contributed by atoms with Crippen LogP contribution in [0.15, 0.2) is 22.9 Å². The molecule has 0 unspecified atom stereocenters. The zero-order valence-corrected chi connectivity index (χ0v) is 13.7. The van der Waals surface area contributed by atoms with Gasteiger partial charge in [0.15, 0.2) is 0 Å². The van der Waals surface area contributed by atoms with E-state index in [0.717, 1.165) is 6.42 Å². The average molecular weight is 293 g/mol. The number of hydrogen-bond donors (Lipinski definition) is 0. The lowest BCUT2D eigenvalue weighted by Crippen LogP contribution is -1.93. The third-order valence-electron chi connectivity index (χ3n) is 3.60. The topological polar surface area (TPSA) is 0 Å². The molecule has 19 heavy (non-hydrogen) atoms. The van der Waals surface area contributed by atoms with Crippen molar-refractivity contribution in [1.29, 1.82) is 0 Å². The van der Waals surface area contributed by atoms with Crippen LogP contribution in [0.25, 0.3) is 0 Å². The molecule has 0 N–H and O–H groups in total. The third kappa shape index (κ3) is 4.19. The van der Waals surface area contributed by atoms with E-state index >= 15 is 0 Å². The molecule has 2 aromatic heterocycles. The maximum atomic E-state index is 2.33. The summed E-state index contributed by atoms with van der Waals surface area (Å²) in [6.45, 7) is 4.54. The average Bonchev–Trinajstić information content (AvgIpc) is 3.04. The Kier molecular flexibility index (Phi) is 6.12. The van der Waals surface area contributed by atoms with Crippen molar-refractivity contribution >= 4 is 22.7 Å². The van der Waals surface area contributed by atoms with E-state index in [4.69, 9.17) is 0 Å². The van der Waals surface area contributed by atoms with E-state index in [2.05, 4.69) is 36.7 Å². The summed E-state index contributed by atoms with van der Waals surface area (Å²) in [4.78, 5) is 3.18. The molecule has 2 heterocycles. The van der Waals surface area contributed by atoms with Gasteiger partial charge < -0.3 is 0 Å². The summed E-state index contributed by atoms with van der Waals surface area (Å²) in [7, 11) is 0. The summed E-state index contributed by atoms with van der Waals surface area (Å²) in [6, 6.07) is 4.66. The van der Waals surface area contributed by atoms with Gasteiger partial charge in [-0.15, -0.1) is 22.7 Å². The van der Waals surface area contributed by atoms with Crippen LogP contribution in [0.4, 0.5) is 0 Å². The molecule has 2 aromatic rings. The molecular formula is C17H24S2. The molecule has 0 aliphatic heterocycles. The molecule has 0 radical (unpaired) electrons. The zero-order valence-electron chi connectivity index (χ0n) is 12.1. The van der Waals surface area contributed by atoms with Gasteiger partial charge in [-0.05, 0) is 59.7 Å². The minimum atomic E-state index is 1.16. The first-order chi connectivity index (χ1) is 9.35. The molecule has 104 valence electrons. The first-order valence-corrected chi connectivity index (χ1v) is 9.21. The quantitative estimate of drug-likeness (QED) is 0.552. The molecule has 0 saturated heterocycles. The van der Waals surface area contributed by atoms with E-state index < -0.39 is 0 Å². The zero-order chi connectivity index (χ0) is 13.5. The fourth-order valence-electron chi connectivity index (χ4n) is 2.37. The van der Waals surface area contributed by atoms with Gasteiger partial charge in [-0.3, -0.25) is 0 Å². The molecule has 0 spiro atoms. The number of aryl methyl sites for hydroxylation is 2. The van der Waals surface area contributed by atoms with Crippen LogP contribution in [0.2, 0.25) is 0 Å². The van der Waals surface area contributed by atoms with Gasteiger partial charge in [0.25, 0.3) is 0 Å². The molecule has 0 fully saturated rings. The maximum absolute atomic E-state index is 2.33. The Morgan fingerprint density at radius 2 is 1.26 bits per heavy atom. The van der Waals surface area contributed by atoms with Gasteiger partial charge in [-0.2, -0.15) is 0 Å². The van der Waals surface area contributed by atoms with Gasteiger partial charge in [0.2, 0.25) is 0 Å². The van der Waals surface area contributed by atoms with Crippen LogP contribution < -0.4 is 0 Å². The highest BCUT2D eigenvalue weighted by atomic mass is 32.1. The highest BCUT2D eigenvalue weighted by molar-refractivity contribution is 7.11. The highest BCUT2D eigenvalue weighted by Crippen LogP contribution is 2.27. The molecule has 0 aromatic carbocycles. The van der Waals surface area contributed by atoms with Crippen molar-refractivity contribution < 1.29 is 0 Å². The summed E-state index contributed by atoms with van der Waals surface area (Å²) in [6.07, 6.45) is 8.88. The fourth-order valence-corrected chi connectivity index (χ4v) is 4.35. The monoisotopic (exact) mass is 292 g/mol. The number of unbranched alkanes of at least 4 members (excludes halogenated alkanes) is 2. The molecule has 0 amide bonds. The summed E-state index contributed by atoms with van der Waals surface area (Å²) >= 11 is 3.87. The minimum Gasteiger partial charge on any atom is -0.148 e. The molecule has 0 aliphatic carbocycles. The first kappa shape index (κ1) is 14.8. The van der Waals surface area contributed by atoms with Crippen molar-refractivity contribution in [1.82, 2.24) is 0 Å². The van der Waals surface area contributed by atoms with Gasteiger partial charge >= 0.3 is 0 Å². The summed E-state index contributed by atoms with van der Waals surface area (Å²) in [5.41, 5.74) is 3.17. The van der Waals surface area contributed by atoms with E-state index in [9.17, 15) is 0 Å². The molecule has 2 rings (SSSR count). The van der Waals surface area contributed by atoms with Crippen LogP contribution >= 0.6 is 22.7 Å². The number of thiophene rings is 2. The van der Waals surface area contributed by atoms with Crippen LogP contribution in [0.5, 0.6) is 0 Å². The van der Waals surface area contributed by atoms with Crippen LogP contribution in [0, 0.1) is 0 Å². The summed E-state index contributed by atoms with van der Waals surface area (Å²) < 4.78 is 0. The lowest BCUT2D eigenvalue weighted by atomic mass is 10.0. The van der Waals surface area contributed by atoms with Gasteiger partial charge in [0.05, 0.1) is 0 Å². The SMILES string of the molecule is CCCCc1ccsc1Cc1sccc1CCCC.